The Hall–Kier alpha value is -1.36. The Kier molecular flexibility index (Phi) is 5.59. The predicted molar refractivity (Wildman–Crippen MR) is 95.3 cm³/mol. The maximum absolute atomic E-state index is 6.12. The summed E-state index contributed by atoms with van der Waals surface area (Å²) < 4.78 is 16.8. The van der Waals surface area contributed by atoms with Crippen LogP contribution in [0.15, 0.2) is 29.8 Å². The van der Waals surface area contributed by atoms with Crippen molar-refractivity contribution in [2.75, 3.05) is 33.9 Å². The van der Waals surface area contributed by atoms with Crippen molar-refractivity contribution >= 4 is 0 Å². The second-order valence-electron chi connectivity index (χ2n) is 7.01. The molecule has 4 nitrogen and oxygen atoms in total. The van der Waals surface area contributed by atoms with Gasteiger partial charge in [0.2, 0.25) is 0 Å². The van der Waals surface area contributed by atoms with Gasteiger partial charge in [-0.05, 0) is 43.9 Å². The maximum atomic E-state index is 6.12. The molecular weight excluding hydrogens is 302 g/mol. The minimum Gasteiger partial charge on any atom is -0.496 e. The predicted octanol–water partition coefficient (Wildman–Crippen LogP) is 3.54. The van der Waals surface area contributed by atoms with Crippen molar-refractivity contribution in [3.05, 3.63) is 41.0 Å². The van der Waals surface area contributed by atoms with E-state index in [1.165, 1.54) is 11.1 Å². The lowest BCUT2D eigenvalue weighted by Gasteiger charge is -2.42. The molecule has 0 amide bonds. The van der Waals surface area contributed by atoms with Crippen LogP contribution in [0.4, 0.5) is 0 Å². The van der Waals surface area contributed by atoms with Gasteiger partial charge in [0.25, 0.3) is 0 Å². The molecule has 0 aliphatic carbocycles. The van der Waals surface area contributed by atoms with Crippen molar-refractivity contribution in [2.24, 2.45) is 0 Å². The summed E-state index contributed by atoms with van der Waals surface area (Å²) in [6, 6.07) is 6.41. The third-order valence-electron chi connectivity index (χ3n) is 5.15. The molecule has 0 atom stereocenters. The summed E-state index contributed by atoms with van der Waals surface area (Å²) in [7, 11) is 3.42. The third kappa shape index (κ3) is 4.00. The fourth-order valence-corrected chi connectivity index (χ4v) is 3.81. The monoisotopic (exact) mass is 331 g/mol. The first-order chi connectivity index (χ1) is 11.6. The van der Waals surface area contributed by atoms with Crippen molar-refractivity contribution in [2.45, 2.75) is 44.9 Å². The number of hydrogen-bond acceptors (Lipinski definition) is 4. The van der Waals surface area contributed by atoms with Gasteiger partial charge in [-0.2, -0.15) is 0 Å². The Balaban J connectivity index is 1.62. The van der Waals surface area contributed by atoms with Crippen LogP contribution < -0.4 is 4.74 Å². The maximum Gasteiger partial charge on any atom is 0.124 e. The highest BCUT2D eigenvalue weighted by molar-refractivity contribution is 5.37. The molecular formula is C20H29NO3. The normalized spacial score (nSPS) is 20.9. The van der Waals surface area contributed by atoms with E-state index in [9.17, 15) is 0 Å². The molecule has 0 radical (unpaired) electrons. The zero-order chi connectivity index (χ0) is 17.0. The molecule has 2 heterocycles. The second-order valence-corrected chi connectivity index (χ2v) is 7.01. The minimum absolute atomic E-state index is 0.0000473. The summed E-state index contributed by atoms with van der Waals surface area (Å²) in [5.41, 5.74) is 3.91. The number of methoxy groups -OCH3 is 2. The second kappa shape index (κ2) is 7.68. The molecule has 24 heavy (non-hydrogen) atoms. The van der Waals surface area contributed by atoms with Gasteiger partial charge < -0.3 is 14.2 Å². The van der Waals surface area contributed by atoms with Crippen LogP contribution in [0.5, 0.6) is 5.75 Å². The lowest BCUT2D eigenvalue weighted by molar-refractivity contribution is -0.0577. The van der Waals surface area contributed by atoms with Crippen molar-refractivity contribution < 1.29 is 14.2 Å². The van der Waals surface area contributed by atoms with Crippen molar-refractivity contribution in [1.29, 1.82) is 0 Å². The summed E-state index contributed by atoms with van der Waals surface area (Å²) >= 11 is 0. The van der Waals surface area contributed by atoms with E-state index < -0.39 is 0 Å². The van der Waals surface area contributed by atoms with E-state index in [0.717, 1.165) is 56.8 Å². The van der Waals surface area contributed by atoms with E-state index in [0.29, 0.717) is 6.61 Å². The third-order valence-corrected chi connectivity index (χ3v) is 5.15. The highest BCUT2D eigenvalue weighted by Gasteiger charge is 2.35. The summed E-state index contributed by atoms with van der Waals surface area (Å²) in [4.78, 5) is 2.52. The molecule has 0 N–H and O–H groups in total. The molecule has 0 saturated carbocycles. The number of likely N-dealkylation sites (tertiary alicyclic amines) is 1. The number of benzene rings is 1. The van der Waals surface area contributed by atoms with E-state index in [-0.39, 0.29) is 5.60 Å². The highest BCUT2D eigenvalue weighted by Crippen LogP contribution is 2.33. The SMILES string of the molecule is COCc1cc(CN2CCC3(C=C(C)CCO3)CC2)ccc1OC. The Morgan fingerprint density at radius 3 is 2.67 bits per heavy atom. The van der Waals surface area contributed by atoms with E-state index in [4.69, 9.17) is 14.2 Å². The van der Waals surface area contributed by atoms with E-state index in [1.807, 2.05) is 6.07 Å². The Morgan fingerprint density at radius 2 is 2.00 bits per heavy atom. The van der Waals surface area contributed by atoms with Crippen molar-refractivity contribution in [3.8, 4) is 5.75 Å². The summed E-state index contributed by atoms with van der Waals surface area (Å²) in [5, 5.41) is 0. The molecule has 3 rings (SSSR count). The topological polar surface area (TPSA) is 30.9 Å². The fraction of sp³-hybridized carbons (Fsp3) is 0.600. The molecule has 2 aliphatic rings. The molecule has 132 valence electrons. The van der Waals surface area contributed by atoms with E-state index in [1.54, 1.807) is 14.2 Å². The summed E-state index contributed by atoms with van der Waals surface area (Å²) in [6.45, 7) is 6.81. The molecule has 1 fully saturated rings. The van der Waals surface area contributed by atoms with Crippen LogP contribution in [-0.4, -0.2) is 44.4 Å². The summed E-state index contributed by atoms with van der Waals surface area (Å²) in [5.74, 6) is 0.898. The molecule has 2 aliphatic heterocycles. The van der Waals surface area contributed by atoms with Crippen LogP contribution in [0.3, 0.4) is 0 Å². The lowest BCUT2D eigenvalue weighted by Crippen LogP contribution is -2.46. The van der Waals surface area contributed by atoms with Gasteiger partial charge in [-0.1, -0.05) is 17.7 Å². The number of piperidine rings is 1. The van der Waals surface area contributed by atoms with Gasteiger partial charge in [0, 0.05) is 32.3 Å². The Bertz CT molecular complexity index is 589. The average molecular weight is 331 g/mol. The van der Waals surface area contributed by atoms with Gasteiger partial charge in [-0.15, -0.1) is 0 Å². The lowest BCUT2D eigenvalue weighted by atomic mass is 9.87. The fourth-order valence-electron chi connectivity index (χ4n) is 3.81. The van der Waals surface area contributed by atoms with Gasteiger partial charge >= 0.3 is 0 Å². The Labute approximate surface area is 145 Å². The molecule has 4 heteroatoms. The zero-order valence-electron chi connectivity index (χ0n) is 15.1. The van der Waals surface area contributed by atoms with Crippen LogP contribution in [0, 0.1) is 0 Å². The van der Waals surface area contributed by atoms with Gasteiger partial charge in [0.05, 0.1) is 25.9 Å². The largest absolute Gasteiger partial charge is 0.496 e. The van der Waals surface area contributed by atoms with E-state index >= 15 is 0 Å². The molecule has 1 spiro atoms. The van der Waals surface area contributed by atoms with Crippen LogP contribution in [0.1, 0.15) is 37.3 Å². The first-order valence-electron chi connectivity index (χ1n) is 8.83. The number of ether oxygens (including phenoxy) is 3. The summed E-state index contributed by atoms with van der Waals surface area (Å²) in [6.07, 6.45) is 5.63. The van der Waals surface area contributed by atoms with E-state index in [2.05, 4.69) is 30.0 Å². The average Bonchev–Trinajstić information content (AvgIpc) is 2.58. The smallest absolute Gasteiger partial charge is 0.124 e. The van der Waals surface area contributed by atoms with Gasteiger partial charge in [-0.3, -0.25) is 4.90 Å². The van der Waals surface area contributed by atoms with Crippen LogP contribution in [0.25, 0.3) is 0 Å². The molecule has 0 aromatic heterocycles. The zero-order valence-corrected chi connectivity index (χ0v) is 15.1. The molecule has 1 saturated heterocycles. The van der Waals surface area contributed by atoms with Crippen LogP contribution >= 0.6 is 0 Å². The Morgan fingerprint density at radius 1 is 1.21 bits per heavy atom. The van der Waals surface area contributed by atoms with Crippen LogP contribution in [-0.2, 0) is 22.6 Å². The molecule has 1 aromatic rings. The number of hydrogen-bond donors (Lipinski definition) is 0. The van der Waals surface area contributed by atoms with Gasteiger partial charge in [-0.25, -0.2) is 0 Å². The van der Waals surface area contributed by atoms with Crippen molar-refractivity contribution in [1.82, 2.24) is 4.90 Å². The number of nitrogens with zero attached hydrogens (tertiary/aromatic N) is 1. The first kappa shape index (κ1) is 17.5. The molecule has 0 bridgehead atoms. The standard InChI is InChI=1S/C20H29NO3/c1-16-6-11-24-20(13-16)7-9-21(10-8-20)14-17-4-5-19(23-3)18(12-17)15-22-2/h4-5,12-13H,6-11,14-15H2,1-3H3. The molecule has 1 aromatic carbocycles. The molecule has 0 unspecified atom stereocenters. The van der Waals surface area contributed by atoms with Crippen LogP contribution in [0.2, 0.25) is 0 Å². The number of rotatable bonds is 5. The van der Waals surface area contributed by atoms with Gasteiger partial charge in [0.15, 0.2) is 0 Å². The quantitative estimate of drug-likeness (QED) is 0.772. The highest BCUT2D eigenvalue weighted by atomic mass is 16.5. The first-order valence-corrected chi connectivity index (χ1v) is 8.83. The minimum atomic E-state index is -0.0000473. The van der Waals surface area contributed by atoms with Gasteiger partial charge in [0.1, 0.15) is 5.75 Å². The van der Waals surface area contributed by atoms with Crippen molar-refractivity contribution in [3.63, 3.8) is 0 Å².